The maximum absolute atomic E-state index is 11.9. The van der Waals surface area contributed by atoms with Gasteiger partial charge in [0.1, 0.15) is 6.04 Å². The number of hydrogen-bond acceptors (Lipinski definition) is 4. The maximum Gasteiger partial charge on any atom is 0.242 e. The van der Waals surface area contributed by atoms with Gasteiger partial charge in [-0.05, 0) is 37.5 Å². The standard InChI is InChI=1S/C11H14N4OS2/c1-3-12-10(16)7(2)15-9(13-14-11(15)17)8-5-4-6-18-8/h4-7H,3H2,1-2H3,(H,12,16)(H,14,17)/t7-/m0/s1. The zero-order chi connectivity index (χ0) is 13.1. The Morgan fingerprint density at radius 3 is 3.11 bits per heavy atom. The summed E-state index contributed by atoms with van der Waals surface area (Å²) in [7, 11) is 0. The monoisotopic (exact) mass is 282 g/mol. The number of nitrogens with one attached hydrogen (secondary N) is 2. The molecule has 0 aliphatic carbocycles. The molecule has 0 saturated heterocycles. The first-order chi connectivity index (χ1) is 8.65. The summed E-state index contributed by atoms with van der Waals surface area (Å²) in [5.41, 5.74) is 0. The van der Waals surface area contributed by atoms with Crippen molar-refractivity contribution in [3.05, 3.63) is 22.3 Å². The van der Waals surface area contributed by atoms with Gasteiger partial charge in [-0.15, -0.1) is 11.3 Å². The smallest absolute Gasteiger partial charge is 0.242 e. The van der Waals surface area contributed by atoms with Crippen LogP contribution in [0.2, 0.25) is 0 Å². The number of rotatable bonds is 4. The molecule has 0 fully saturated rings. The van der Waals surface area contributed by atoms with Gasteiger partial charge in [-0.25, -0.2) is 0 Å². The van der Waals surface area contributed by atoms with E-state index in [9.17, 15) is 4.79 Å². The van der Waals surface area contributed by atoms with Gasteiger partial charge in [0.15, 0.2) is 10.6 Å². The number of amides is 1. The summed E-state index contributed by atoms with van der Waals surface area (Å²) in [5, 5.41) is 11.7. The molecule has 2 rings (SSSR count). The van der Waals surface area contributed by atoms with Crippen molar-refractivity contribution >= 4 is 29.5 Å². The number of aromatic nitrogens is 3. The van der Waals surface area contributed by atoms with Gasteiger partial charge in [-0.3, -0.25) is 14.5 Å². The molecule has 0 spiro atoms. The molecule has 0 aromatic carbocycles. The molecular formula is C11H14N4OS2. The topological polar surface area (TPSA) is 62.7 Å². The van der Waals surface area contributed by atoms with Crippen LogP contribution in [-0.4, -0.2) is 27.2 Å². The molecule has 0 saturated carbocycles. The second kappa shape index (κ2) is 5.45. The molecule has 2 N–H and O–H groups in total. The SMILES string of the molecule is CCNC(=O)[C@H](C)n1c(-c2cccs2)n[nH]c1=S. The molecule has 18 heavy (non-hydrogen) atoms. The molecule has 0 aliphatic heterocycles. The van der Waals surface area contributed by atoms with E-state index >= 15 is 0 Å². The van der Waals surface area contributed by atoms with Crippen molar-refractivity contribution in [1.29, 1.82) is 0 Å². The van der Waals surface area contributed by atoms with Crippen LogP contribution in [0.25, 0.3) is 10.7 Å². The predicted molar refractivity (Wildman–Crippen MR) is 74.1 cm³/mol. The van der Waals surface area contributed by atoms with Crippen molar-refractivity contribution in [3.63, 3.8) is 0 Å². The van der Waals surface area contributed by atoms with Gasteiger partial charge in [-0.1, -0.05) is 6.07 Å². The number of thiophene rings is 1. The van der Waals surface area contributed by atoms with E-state index in [1.54, 1.807) is 15.9 Å². The van der Waals surface area contributed by atoms with Crippen molar-refractivity contribution in [2.24, 2.45) is 0 Å². The van der Waals surface area contributed by atoms with Gasteiger partial charge in [0.25, 0.3) is 0 Å². The van der Waals surface area contributed by atoms with E-state index in [1.807, 2.05) is 31.4 Å². The predicted octanol–water partition coefficient (Wildman–Crippen LogP) is 2.37. The number of nitrogens with zero attached hydrogens (tertiary/aromatic N) is 2. The van der Waals surface area contributed by atoms with Gasteiger partial charge >= 0.3 is 0 Å². The maximum atomic E-state index is 11.9. The highest BCUT2D eigenvalue weighted by Gasteiger charge is 2.20. The quantitative estimate of drug-likeness (QED) is 0.846. The van der Waals surface area contributed by atoms with Crippen LogP contribution in [0.1, 0.15) is 19.9 Å². The molecule has 2 aromatic heterocycles. The Balaban J connectivity index is 2.42. The first kappa shape index (κ1) is 13.0. The molecule has 0 bridgehead atoms. The highest BCUT2D eigenvalue weighted by atomic mass is 32.1. The number of aromatic amines is 1. The lowest BCUT2D eigenvalue weighted by Gasteiger charge is -2.14. The lowest BCUT2D eigenvalue weighted by atomic mass is 10.3. The summed E-state index contributed by atoms with van der Waals surface area (Å²) in [6.45, 7) is 4.30. The number of carbonyl (C=O) groups is 1. The fourth-order valence-corrected chi connectivity index (χ4v) is 2.68. The van der Waals surface area contributed by atoms with Crippen molar-refractivity contribution in [3.8, 4) is 10.7 Å². The molecule has 5 nitrogen and oxygen atoms in total. The van der Waals surface area contributed by atoms with E-state index in [4.69, 9.17) is 12.2 Å². The fourth-order valence-electron chi connectivity index (χ4n) is 1.68. The van der Waals surface area contributed by atoms with Crippen LogP contribution in [-0.2, 0) is 4.79 Å². The summed E-state index contributed by atoms with van der Waals surface area (Å²) >= 11 is 6.76. The van der Waals surface area contributed by atoms with Crippen LogP contribution in [0.3, 0.4) is 0 Å². The van der Waals surface area contributed by atoms with Crippen LogP contribution in [0, 0.1) is 4.77 Å². The molecule has 0 aliphatic rings. The molecular weight excluding hydrogens is 268 g/mol. The second-order valence-corrected chi connectivity index (χ2v) is 5.10. The van der Waals surface area contributed by atoms with Crippen LogP contribution in [0.5, 0.6) is 0 Å². The summed E-state index contributed by atoms with van der Waals surface area (Å²) in [6.07, 6.45) is 0. The highest BCUT2D eigenvalue weighted by Crippen LogP contribution is 2.25. The third-order valence-electron chi connectivity index (χ3n) is 2.56. The molecule has 0 unspecified atom stereocenters. The van der Waals surface area contributed by atoms with Crippen molar-refractivity contribution in [2.75, 3.05) is 6.54 Å². The molecule has 96 valence electrons. The third kappa shape index (κ3) is 2.37. The van der Waals surface area contributed by atoms with Crippen molar-refractivity contribution in [1.82, 2.24) is 20.1 Å². The third-order valence-corrected chi connectivity index (χ3v) is 3.72. The fraction of sp³-hybridized carbons (Fsp3) is 0.364. The number of H-pyrrole nitrogens is 1. The number of likely N-dealkylation sites (N-methyl/N-ethyl adjacent to an activating group) is 1. The Hall–Kier alpha value is -1.47. The van der Waals surface area contributed by atoms with Gasteiger partial charge in [0.2, 0.25) is 5.91 Å². The summed E-state index contributed by atoms with van der Waals surface area (Å²) in [4.78, 5) is 12.9. The minimum atomic E-state index is -0.381. The van der Waals surface area contributed by atoms with Crippen molar-refractivity contribution < 1.29 is 4.79 Å². The average molecular weight is 282 g/mol. The van der Waals surface area contributed by atoms with E-state index in [-0.39, 0.29) is 11.9 Å². The van der Waals surface area contributed by atoms with Gasteiger partial charge in [-0.2, -0.15) is 5.10 Å². The Morgan fingerprint density at radius 1 is 1.72 bits per heavy atom. The molecule has 2 aromatic rings. The van der Waals surface area contributed by atoms with E-state index in [2.05, 4.69) is 15.5 Å². The van der Waals surface area contributed by atoms with Gasteiger partial charge in [0, 0.05) is 6.54 Å². The van der Waals surface area contributed by atoms with Crippen LogP contribution in [0.15, 0.2) is 17.5 Å². The van der Waals surface area contributed by atoms with Gasteiger partial charge in [0.05, 0.1) is 4.88 Å². The summed E-state index contributed by atoms with van der Waals surface area (Å²) in [5.74, 6) is 0.640. The molecule has 7 heteroatoms. The number of hydrogen-bond donors (Lipinski definition) is 2. The zero-order valence-electron chi connectivity index (χ0n) is 10.1. The number of carbonyl (C=O) groups excluding carboxylic acids is 1. The van der Waals surface area contributed by atoms with E-state index in [1.165, 1.54) is 0 Å². The highest BCUT2D eigenvalue weighted by molar-refractivity contribution is 7.71. The Kier molecular flexibility index (Phi) is 3.93. The van der Waals surface area contributed by atoms with E-state index in [0.717, 1.165) is 4.88 Å². The lowest BCUT2D eigenvalue weighted by Crippen LogP contribution is -2.31. The minimum Gasteiger partial charge on any atom is -0.355 e. The Labute approximate surface area is 114 Å². The largest absolute Gasteiger partial charge is 0.355 e. The second-order valence-electron chi connectivity index (χ2n) is 3.77. The zero-order valence-corrected chi connectivity index (χ0v) is 11.8. The average Bonchev–Trinajstić information content (AvgIpc) is 2.97. The van der Waals surface area contributed by atoms with E-state index in [0.29, 0.717) is 17.1 Å². The Morgan fingerprint density at radius 2 is 2.50 bits per heavy atom. The summed E-state index contributed by atoms with van der Waals surface area (Å²) in [6, 6.07) is 3.52. The normalized spacial score (nSPS) is 12.3. The minimum absolute atomic E-state index is 0.0622. The molecule has 0 radical (unpaired) electrons. The Bertz CT molecular complexity index is 584. The molecule has 2 heterocycles. The van der Waals surface area contributed by atoms with E-state index < -0.39 is 0 Å². The first-order valence-electron chi connectivity index (χ1n) is 5.63. The van der Waals surface area contributed by atoms with Crippen LogP contribution < -0.4 is 5.32 Å². The summed E-state index contributed by atoms with van der Waals surface area (Å²) < 4.78 is 2.20. The first-order valence-corrected chi connectivity index (χ1v) is 6.92. The van der Waals surface area contributed by atoms with Gasteiger partial charge < -0.3 is 5.32 Å². The molecule has 1 atom stereocenters. The van der Waals surface area contributed by atoms with Crippen LogP contribution >= 0.6 is 23.6 Å². The van der Waals surface area contributed by atoms with Crippen LogP contribution in [0.4, 0.5) is 0 Å². The molecule has 1 amide bonds. The van der Waals surface area contributed by atoms with Crippen molar-refractivity contribution in [2.45, 2.75) is 19.9 Å². The lowest BCUT2D eigenvalue weighted by molar-refractivity contribution is -0.123.